The normalized spacial score (nSPS) is 17.8. The molecular weight excluding hydrogens is 274 g/mol. The van der Waals surface area contributed by atoms with Crippen molar-refractivity contribution >= 4 is 17.4 Å². The van der Waals surface area contributed by atoms with Crippen LogP contribution in [-0.4, -0.2) is 40.7 Å². The SMILES string of the molecule is Cc1ncc(C(C)NC2CN(C(=O)OC(C)(C)C)C2)s1. The Labute approximate surface area is 124 Å². The first-order chi connectivity index (χ1) is 9.24. The molecule has 112 valence electrons. The van der Waals surface area contributed by atoms with Gasteiger partial charge in [-0.05, 0) is 34.6 Å². The van der Waals surface area contributed by atoms with E-state index < -0.39 is 5.60 Å². The van der Waals surface area contributed by atoms with Gasteiger partial charge in [0.05, 0.1) is 5.01 Å². The number of amides is 1. The summed E-state index contributed by atoms with van der Waals surface area (Å²) in [4.78, 5) is 19.0. The Kier molecular flexibility index (Phi) is 4.34. The molecule has 0 saturated carbocycles. The summed E-state index contributed by atoms with van der Waals surface area (Å²) >= 11 is 1.71. The van der Waals surface area contributed by atoms with Gasteiger partial charge < -0.3 is 15.0 Å². The van der Waals surface area contributed by atoms with Crippen LogP contribution in [0.15, 0.2) is 6.20 Å². The molecule has 1 aromatic rings. The fourth-order valence-electron chi connectivity index (χ4n) is 2.07. The van der Waals surface area contributed by atoms with Gasteiger partial charge in [0.1, 0.15) is 5.60 Å². The molecule has 1 aromatic heterocycles. The molecule has 1 aliphatic rings. The maximum atomic E-state index is 11.8. The molecule has 1 atom stereocenters. The number of hydrogen-bond acceptors (Lipinski definition) is 5. The summed E-state index contributed by atoms with van der Waals surface area (Å²) in [6.45, 7) is 11.2. The molecule has 1 saturated heterocycles. The van der Waals surface area contributed by atoms with E-state index in [1.165, 1.54) is 4.88 Å². The van der Waals surface area contributed by atoms with Crippen LogP contribution in [0.3, 0.4) is 0 Å². The van der Waals surface area contributed by atoms with Crippen molar-refractivity contribution in [1.82, 2.24) is 15.2 Å². The Morgan fingerprint density at radius 1 is 1.55 bits per heavy atom. The lowest BCUT2D eigenvalue weighted by Gasteiger charge is -2.41. The predicted molar refractivity (Wildman–Crippen MR) is 80.0 cm³/mol. The van der Waals surface area contributed by atoms with E-state index in [-0.39, 0.29) is 12.1 Å². The molecule has 0 spiro atoms. The van der Waals surface area contributed by atoms with Crippen molar-refractivity contribution in [2.75, 3.05) is 13.1 Å². The summed E-state index contributed by atoms with van der Waals surface area (Å²) in [6, 6.07) is 0.604. The first-order valence-electron chi connectivity index (χ1n) is 6.91. The smallest absolute Gasteiger partial charge is 0.410 e. The highest BCUT2D eigenvalue weighted by atomic mass is 32.1. The van der Waals surface area contributed by atoms with Crippen molar-refractivity contribution in [3.05, 3.63) is 16.1 Å². The van der Waals surface area contributed by atoms with Gasteiger partial charge in [0.15, 0.2) is 0 Å². The van der Waals surface area contributed by atoms with Gasteiger partial charge in [-0.2, -0.15) is 0 Å². The summed E-state index contributed by atoms with van der Waals surface area (Å²) in [5.41, 5.74) is -0.428. The summed E-state index contributed by atoms with van der Waals surface area (Å²) < 4.78 is 5.33. The average molecular weight is 297 g/mol. The number of nitrogens with one attached hydrogen (secondary N) is 1. The third kappa shape index (κ3) is 3.93. The minimum atomic E-state index is -0.428. The molecule has 5 nitrogen and oxygen atoms in total. The van der Waals surface area contributed by atoms with Crippen LogP contribution in [0.1, 0.15) is 43.6 Å². The first kappa shape index (κ1) is 15.3. The fraction of sp³-hybridized carbons (Fsp3) is 0.714. The lowest BCUT2D eigenvalue weighted by Crippen LogP contribution is -2.60. The molecule has 2 heterocycles. The van der Waals surface area contributed by atoms with Gasteiger partial charge in [-0.25, -0.2) is 9.78 Å². The highest BCUT2D eigenvalue weighted by Gasteiger charge is 2.34. The van der Waals surface area contributed by atoms with E-state index in [9.17, 15) is 4.79 Å². The zero-order valence-electron chi connectivity index (χ0n) is 12.8. The van der Waals surface area contributed by atoms with Crippen LogP contribution in [0.4, 0.5) is 4.79 Å². The topological polar surface area (TPSA) is 54.5 Å². The number of aryl methyl sites for hydroxylation is 1. The molecular formula is C14H23N3O2S. The number of thiazole rings is 1. The van der Waals surface area contributed by atoms with Crippen molar-refractivity contribution < 1.29 is 9.53 Å². The van der Waals surface area contributed by atoms with E-state index in [1.54, 1.807) is 16.2 Å². The average Bonchev–Trinajstić information content (AvgIpc) is 2.66. The van der Waals surface area contributed by atoms with Crippen molar-refractivity contribution in [2.45, 2.75) is 52.3 Å². The number of nitrogens with zero attached hydrogens (tertiary/aromatic N) is 2. The number of aromatic nitrogens is 1. The number of likely N-dealkylation sites (tertiary alicyclic amines) is 1. The predicted octanol–water partition coefficient (Wildman–Crippen LogP) is 2.72. The van der Waals surface area contributed by atoms with Crippen molar-refractivity contribution in [3.63, 3.8) is 0 Å². The van der Waals surface area contributed by atoms with Gasteiger partial charge in [0, 0.05) is 36.2 Å². The number of carbonyl (C=O) groups excluding carboxylic acids is 1. The summed E-state index contributed by atoms with van der Waals surface area (Å²) in [5, 5.41) is 4.60. The standard InChI is InChI=1S/C14H23N3O2S/c1-9(12-6-15-10(2)20-12)16-11-7-17(8-11)13(18)19-14(3,4)5/h6,9,11,16H,7-8H2,1-5H3. The summed E-state index contributed by atoms with van der Waals surface area (Å²) in [6.07, 6.45) is 1.69. The zero-order chi connectivity index (χ0) is 14.9. The Hall–Kier alpha value is -1.14. The monoisotopic (exact) mass is 297 g/mol. The van der Waals surface area contributed by atoms with Crippen LogP contribution < -0.4 is 5.32 Å². The van der Waals surface area contributed by atoms with Gasteiger partial charge >= 0.3 is 6.09 Å². The van der Waals surface area contributed by atoms with Crippen molar-refractivity contribution in [1.29, 1.82) is 0 Å². The van der Waals surface area contributed by atoms with Crippen LogP contribution >= 0.6 is 11.3 Å². The molecule has 0 bridgehead atoms. The van der Waals surface area contributed by atoms with Gasteiger partial charge in [0.2, 0.25) is 0 Å². The van der Waals surface area contributed by atoms with Crippen LogP contribution in [0.2, 0.25) is 0 Å². The lowest BCUT2D eigenvalue weighted by atomic mass is 10.1. The Morgan fingerprint density at radius 3 is 2.70 bits per heavy atom. The van der Waals surface area contributed by atoms with Crippen LogP contribution in [0.5, 0.6) is 0 Å². The van der Waals surface area contributed by atoms with Crippen LogP contribution in [-0.2, 0) is 4.74 Å². The summed E-state index contributed by atoms with van der Waals surface area (Å²) in [5.74, 6) is 0. The molecule has 1 fully saturated rings. The first-order valence-corrected chi connectivity index (χ1v) is 7.72. The van der Waals surface area contributed by atoms with Crippen LogP contribution in [0, 0.1) is 6.92 Å². The molecule has 20 heavy (non-hydrogen) atoms. The van der Waals surface area contributed by atoms with Gasteiger partial charge in [0.25, 0.3) is 0 Å². The third-order valence-electron chi connectivity index (χ3n) is 3.08. The van der Waals surface area contributed by atoms with Gasteiger partial charge in [-0.3, -0.25) is 0 Å². The Bertz CT molecular complexity index is 475. The van der Waals surface area contributed by atoms with E-state index in [0.29, 0.717) is 19.1 Å². The highest BCUT2D eigenvalue weighted by molar-refractivity contribution is 7.11. The van der Waals surface area contributed by atoms with E-state index in [4.69, 9.17) is 4.74 Å². The van der Waals surface area contributed by atoms with E-state index in [1.807, 2.05) is 33.9 Å². The minimum Gasteiger partial charge on any atom is -0.444 e. The van der Waals surface area contributed by atoms with E-state index in [2.05, 4.69) is 17.2 Å². The highest BCUT2D eigenvalue weighted by Crippen LogP contribution is 2.22. The quantitative estimate of drug-likeness (QED) is 0.932. The second-order valence-electron chi connectivity index (χ2n) is 6.25. The van der Waals surface area contributed by atoms with Crippen LogP contribution in [0.25, 0.3) is 0 Å². The lowest BCUT2D eigenvalue weighted by molar-refractivity contribution is 0.00437. The molecule has 6 heteroatoms. The van der Waals surface area contributed by atoms with Crippen molar-refractivity contribution in [2.24, 2.45) is 0 Å². The molecule has 2 rings (SSSR count). The number of ether oxygens (including phenoxy) is 1. The molecule has 1 N–H and O–H groups in total. The molecule has 1 unspecified atom stereocenters. The molecule has 0 aromatic carbocycles. The molecule has 1 amide bonds. The second kappa shape index (κ2) is 5.69. The summed E-state index contributed by atoms with van der Waals surface area (Å²) in [7, 11) is 0. The number of rotatable bonds is 3. The molecule has 0 radical (unpaired) electrons. The molecule has 0 aliphatic carbocycles. The Morgan fingerprint density at radius 2 is 2.20 bits per heavy atom. The molecule has 1 aliphatic heterocycles. The maximum absolute atomic E-state index is 11.8. The largest absolute Gasteiger partial charge is 0.444 e. The third-order valence-corrected chi connectivity index (χ3v) is 4.18. The number of hydrogen-bond donors (Lipinski definition) is 1. The van der Waals surface area contributed by atoms with E-state index >= 15 is 0 Å². The fourth-order valence-corrected chi connectivity index (χ4v) is 2.87. The maximum Gasteiger partial charge on any atom is 0.410 e. The van der Waals surface area contributed by atoms with E-state index in [0.717, 1.165) is 5.01 Å². The zero-order valence-corrected chi connectivity index (χ0v) is 13.6. The minimum absolute atomic E-state index is 0.225. The Balaban J connectivity index is 1.75. The number of carbonyl (C=O) groups is 1. The van der Waals surface area contributed by atoms with Gasteiger partial charge in [-0.1, -0.05) is 0 Å². The second-order valence-corrected chi connectivity index (χ2v) is 7.52. The van der Waals surface area contributed by atoms with Gasteiger partial charge in [-0.15, -0.1) is 11.3 Å². The van der Waals surface area contributed by atoms with Crippen molar-refractivity contribution in [3.8, 4) is 0 Å².